The molecule has 0 spiro atoms. The fraction of sp³-hybridized carbons (Fsp3) is 0.533. The minimum Gasteiger partial charge on any atom is -0.338 e. The molecule has 0 radical (unpaired) electrons. The van der Waals surface area contributed by atoms with E-state index in [1.165, 1.54) is 19.3 Å². The van der Waals surface area contributed by atoms with Gasteiger partial charge in [-0.25, -0.2) is 4.79 Å². The van der Waals surface area contributed by atoms with Crippen LogP contribution in [-0.2, 0) is 0 Å². The summed E-state index contributed by atoms with van der Waals surface area (Å²) in [5.74, 6) is 0. The highest BCUT2D eigenvalue weighted by molar-refractivity contribution is 5.90. The maximum atomic E-state index is 11.7. The third-order valence-electron chi connectivity index (χ3n) is 2.96. The highest BCUT2D eigenvalue weighted by atomic mass is 16.2. The van der Waals surface area contributed by atoms with Gasteiger partial charge in [0.15, 0.2) is 0 Å². The molecule has 0 atom stereocenters. The zero-order chi connectivity index (χ0) is 13.4. The van der Waals surface area contributed by atoms with Crippen molar-refractivity contribution in [1.29, 1.82) is 0 Å². The lowest BCUT2D eigenvalue weighted by Crippen LogP contribution is -2.29. The van der Waals surface area contributed by atoms with E-state index in [0.717, 1.165) is 29.8 Å². The Bertz CT molecular complexity index is 388. The number of carbonyl (C=O) groups is 1. The number of amides is 2. The molecule has 1 aromatic rings. The summed E-state index contributed by atoms with van der Waals surface area (Å²) in [7, 11) is 0. The Kier molecular flexibility index (Phi) is 6.26. The van der Waals surface area contributed by atoms with Crippen molar-refractivity contribution in [2.24, 2.45) is 0 Å². The summed E-state index contributed by atoms with van der Waals surface area (Å²) in [6, 6.07) is 5.95. The molecule has 2 N–H and O–H groups in total. The molecular formula is C15H24N2O. The van der Waals surface area contributed by atoms with Gasteiger partial charge < -0.3 is 10.6 Å². The Morgan fingerprint density at radius 1 is 1.17 bits per heavy atom. The molecule has 0 fully saturated rings. The summed E-state index contributed by atoms with van der Waals surface area (Å²) in [4.78, 5) is 11.7. The molecule has 0 aliphatic rings. The Morgan fingerprint density at radius 3 is 2.67 bits per heavy atom. The Morgan fingerprint density at radius 2 is 1.94 bits per heavy atom. The van der Waals surface area contributed by atoms with E-state index in [1.54, 1.807) is 0 Å². The second kappa shape index (κ2) is 7.75. The zero-order valence-electron chi connectivity index (χ0n) is 11.7. The van der Waals surface area contributed by atoms with Crippen LogP contribution in [0.25, 0.3) is 0 Å². The number of rotatable bonds is 6. The first-order chi connectivity index (χ1) is 8.63. The molecule has 18 heavy (non-hydrogen) atoms. The van der Waals surface area contributed by atoms with E-state index in [1.807, 2.05) is 32.0 Å². The minimum atomic E-state index is -0.111. The molecule has 0 unspecified atom stereocenters. The van der Waals surface area contributed by atoms with Gasteiger partial charge in [0.1, 0.15) is 0 Å². The molecule has 3 nitrogen and oxygen atoms in total. The average Bonchev–Trinajstić information content (AvgIpc) is 2.33. The molecule has 0 aliphatic heterocycles. The van der Waals surface area contributed by atoms with Gasteiger partial charge >= 0.3 is 6.03 Å². The highest BCUT2D eigenvalue weighted by Gasteiger charge is 2.03. The monoisotopic (exact) mass is 248 g/mol. The summed E-state index contributed by atoms with van der Waals surface area (Å²) in [5, 5.41) is 5.78. The lowest BCUT2D eigenvalue weighted by Gasteiger charge is -2.10. The van der Waals surface area contributed by atoms with E-state index in [9.17, 15) is 4.79 Å². The van der Waals surface area contributed by atoms with Crippen LogP contribution in [0.4, 0.5) is 10.5 Å². The molecule has 1 aromatic carbocycles. The molecule has 1 rings (SSSR count). The number of nitrogens with one attached hydrogen (secondary N) is 2. The summed E-state index contributed by atoms with van der Waals surface area (Å²) in [6.45, 7) is 6.95. The van der Waals surface area contributed by atoms with Crippen molar-refractivity contribution in [3.8, 4) is 0 Å². The normalized spacial score (nSPS) is 10.2. The van der Waals surface area contributed by atoms with E-state index in [2.05, 4.69) is 17.6 Å². The van der Waals surface area contributed by atoms with Gasteiger partial charge in [0.2, 0.25) is 0 Å². The first-order valence-corrected chi connectivity index (χ1v) is 6.75. The highest BCUT2D eigenvalue weighted by Crippen LogP contribution is 2.15. The summed E-state index contributed by atoms with van der Waals surface area (Å²) in [5.41, 5.74) is 3.13. The largest absolute Gasteiger partial charge is 0.338 e. The number of anilines is 1. The second-order valence-electron chi connectivity index (χ2n) is 4.76. The van der Waals surface area contributed by atoms with Crippen molar-refractivity contribution < 1.29 is 4.79 Å². The van der Waals surface area contributed by atoms with E-state index in [4.69, 9.17) is 0 Å². The third-order valence-corrected chi connectivity index (χ3v) is 2.96. The van der Waals surface area contributed by atoms with Crippen molar-refractivity contribution in [3.63, 3.8) is 0 Å². The lowest BCUT2D eigenvalue weighted by molar-refractivity contribution is 0.252. The molecular weight excluding hydrogens is 224 g/mol. The molecule has 3 heteroatoms. The van der Waals surface area contributed by atoms with Crippen molar-refractivity contribution in [2.75, 3.05) is 11.9 Å². The standard InChI is InChI=1S/C15H24N2O/c1-4-5-6-7-10-16-15(18)17-14-11-12(2)8-9-13(14)3/h8-9,11H,4-7,10H2,1-3H3,(H2,16,17,18). The van der Waals surface area contributed by atoms with Gasteiger partial charge in [-0.15, -0.1) is 0 Å². The van der Waals surface area contributed by atoms with Crippen molar-refractivity contribution >= 4 is 11.7 Å². The van der Waals surface area contributed by atoms with E-state index in [-0.39, 0.29) is 6.03 Å². The molecule has 0 aliphatic carbocycles. The molecule has 0 bridgehead atoms. The van der Waals surface area contributed by atoms with Crippen LogP contribution in [0.15, 0.2) is 18.2 Å². The molecule has 2 amide bonds. The van der Waals surface area contributed by atoms with Gasteiger partial charge in [-0.2, -0.15) is 0 Å². The lowest BCUT2D eigenvalue weighted by atomic mass is 10.1. The van der Waals surface area contributed by atoms with Crippen LogP contribution < -0.4 is 10.6 Å². The summed E-state index contributed by atoms with van der Waals surface area (Å²) >= 11 is 0. The van der Waals surface area contributed by atoms with E-state index in [0.29, 0.717) is 0 Å². The first-order valence-electron chi connectivity index (χ1n) is 6.75. The summed E-state index contributed by atoms with van der Waals surface area (Å²) < 4.78 is 0. The maximum absolute atomic E-state index is 11.7. The molecule has 0 heterocycles. The van der Waals surface area contributed by atoms with E-state index >= 15 is 0 Å². The Hall–Kier alpha value is -1.51. The number of hydrogen-bond donors (Lipinski definition) is 2. The average molecular weight is 248 g/mol. The van der Waals surface area contributed by atoms with Crippen LogP contribution in [0.1, 0.15) is 43.7 Å². The number of benzene rings is 1. The third kappa shape index (κ3) is 5.21. The second-order valence-corrected chi connectivity index (χ2v) is 4.76. The van der Waals surface area contributed by atoms with Crippen molar-refractivity contribution in [2.45, 2.75) is 46.5 Å². The number of urea groups is 1. The van der Waals surface area contributed by atoms with Gasteiger partial charge in [0.25, 0.3) is 0 Å². The fourth-order valence-corrected chi connectivity index (χ4v) is 1.79. The van der Waals surface area contributed by atoms with Gasteiger partial charge in [-0.1, -0.05) is 38.3 Å². The topological polar surface area (TPSA) is 41.1 Å². The van der Waals surface area contributed by atoms with Gasteiger partial charge in [0, 0.05) is 12.2 Å². The van der Waals surface area contributed by atoms with E-state index < -0.39 is 0 Å². The quantitative estimate of drug-likeness (QED) is 0.734. The zero-order valence-corrected chi connectivity index (χ0v) is 11.7. The first kappa shape index (κ1) is 14.6. The minimum absolute atomic E-state index is 0.111. The molecule has 0 aromatic heterocycles. The van der Waals surface area contributed by atoms with Crippen LogP contribution in [0, 0.1) is 13.8 Å². The predicted molar refractivity (Wildman–Crippen MR) is 77.1 cm³/mol. The van der Waals surface area contributed by atoms with Crippen LogP contribution >= 0.6 is 0 Å². The van der Waals surface area contributed by atoms with Crippen LogP contribution in [0.5, 0.6) is 0 Å². The number of hydrogen-bond acceptors (Lipinski definition) is 1. The fourth-order valence-electron chi connectivity index (χ4n) is 1.79. The molecule has 0 saturated carbocycles. The predicted octanol–water partition coefficient (Wildman–Crippen LogP) is 4.01. The Labute approximate surface area is 110 Å². The smallest absolute Gasteiger partial charge is 0.319 e. The Balaban J connectivity index is 2.33. The maximum Gasteiger partial charge on any atom is 0.319 e. The van der Waals surface area contributed by atoms with Gasteiger partial charge in [0.05, 0.1) is 0 Å². The molecule has 0 saturated heterocycles. The SMILES string of the molecule is CCCCCCNC(=O)Nc1cc(C)ccc1C. The van der Waals surface area contributed by atoms with Crippen LogP contribution in [0.2, 0.25) is 0 Å². The number of unbranched alkanes of at least 4 members (excludes halogenated alkanes) is 3. The van der Waals surface area contributed by atoms with Crippen LogP contribution in [0.3, 0.4) is 0 Å². The van der Waals surface area contributed by atoms with Crippen molar-refractivity contribution in [3.05, 3.63) is 29.3 Å². The van der Waals surface area contributed by atoms with Crippen LogP contribution in [-0.4, -0.2) is 12.6 Å². The number of aryl methyl sites for hydroxylation is 2. The van der Waals surface area contributed by atoms with Crippen molar-refractivity contribution in [1.82, 2.24) is 5.32 Å². The number of carbonyl (C=O) groups excluding carboxylic acids is 1. The molecule has 100 valence electrons. The van der Waals surface area contributed by atoms with Gasteiger partial charge in [-0.05, 0) is 37.5 Å². The summed E-state index contributed by atoms with van der Waals surface area (Å²) in [6.07, 6.45) is 4.68. The van der Waals surface area contributed by atoms with Gasteiger partial charge in [-0.3, -0.25) is 0 Å².